The van der Waals surface area contributed by atoms with Crippen LogP contribution >= 0.6 is 0 Å². The Morgan fingerprint density at radius 2 is 2.03 bits per heavy atom. The maximum Gasteiger partial charge on any atom is 0.307 e. The first-order valence-electron chi connectivity index (χ1n) is 10.1. The van der Waals surface area contributed by atoms with Crippen molar-refractivity contribution in [3.63, 3.8) is 0 Å². The van der Waals surface area contributed by atoms with Gasteiger partial charge in [-0.1, -0.05) is 42.8 Å². The van der Waals surface area contributed by atoms with E-state index in [1.165, 1.54) is 5.56 Å². The summed E-state index contributed by atoms with van der Waals surface area (Å²) in [6, 6.07) is 8.41. The third kappa shape index (κ3) is 5.10. The van der Waals surface area contributed by atoms with Gasteiger partial charge in [0.15, 0.2) is 11.8 Å². The number of H-pyrrole nitrogens is 1. The highest BCUT2D eigenvalue weighted by Crippen LogP contribution is 2.32. The summed E-state index contributed by atoms with van der Waals surface area (Å²) in [5, 5.41) is 31.5. The Kier molecular flexibility index (Phi) is 6.79. The van der Waals surface area contributed by atoms with E-state index in [9.17, 15) is 9.90 Å². The van der Waals surface area contributed by atoms with E-state index in [1.54, 1.807) is 0 Å². The fourth-order valence-corrected chi connectivity index (χ4v) is 4.18. The first-order chi connectivity index (χ1) is 14.0. The topological polar surface area (TPSA) is 145 Å². The molecule has 0 bridgehead atoms. The maximum absolute atomic E-state index is 11.8. The zero-order valence-electron chi connectivity index (χ0n) is 16.7. The van der Waals surface area contributed by atoms with E-state index in [0.29, 0.717) is 24.6 Å². The quantitative estimate of drug-likeness (QED) is 0.393. The van der Waals surface area contributed by atoms with Crippen molar-refractivity contribution in [2.45, 2.75) is 50.9 Å². The third-order valence-corrected chi connectivity index (χ3v) is 5.84. The highest BCUT2D eigenvalue weighted by molar-refractivity contribution is 5.74. The molecule has 1 aliphatic rings. The molecule has 2 heterocycles. The van der Waals surface area contributed by atoms with Crippen molar-refractivity contribution in [3.8, 4) is 0 Å². The van der Waals surface area contributed by atoms with Crippen LogP contribution in [-0.2, 0) is 11.2 Å². The molecule has 156 valence electrons. The Hall–Kier alpha value is -2.97. The van der Waals surface area contributed by atoms with Crippen LogP contribution in [0.3, 0.4) is 0 Å². The minimum atomic E-state index is -0.824. The molecular formula is C20H29N7O2. The Balaban J connectivity index is 1.71. The van der Waals surface area contributed by atoms with Crippen LogP contribution in [0.5, 0.6) is 0 Å². The minimum Gasteiger partial charge on any atom is -0.481 e. The minimum absolute atomic E-state index is 0.145. The number of carboxylic acids is 1. The van der Waals surface area contributed by atoms with Crippen molar-refractivity contribution < 1.29 is 9.90 Å². The number of piperidine rings is 1. The number of aliphatic carboxylic acids is 1. The zero-order valence-corrected chi connectivity index (χ0v) is 16.7. The number of nitrogens with two attached hydrogens (primary N) is 1. The van der Waals surface area contributed by atoms with Crippen molar-refractivity contribution in [2.24, 2.45) is 11.7 Å². The molecule has 5 N–H and O–H groups in total. The molecule has 1 fully saturated rings. The number of likely N-dealkylation sites (tertiary alicyclic amines) is 1. The normalized spacial score (nSPS) is 17.1. The lowest BCUT2D eigenvalue weighted by atomic mass is 9.82. The Morgan fingerprint density at radius 1 is 1.34 bits per heavy atom. The number of aromatic nitrogens is 4. The third-order valence-electron chi connectivity index (χ3n) is 5.84. The summed E-state index contributed by atoms with van der Waals surface area (Å²) in [4.78, 5) is 13.7. The monoisotopic (exact) mass is 399 g/mol. The van der Waals surface area contributed by atoms with Crippen LogP contribution in [0.15, 0.2) is 24.3 Å². The summed E-state index contributed by atoms with van der Waals surface area (Å²) in [5.41, 5.74) is 7.91. The van der Waals surface area contributed by atoms with Crippen LogP contribution < -0.4 is 5.73 Å². The standard InChI is InChI=1S/C20H29N7O2/c1-2-3-16(19(28)29)17(18-23-25-26-24-18)12-13-4-6-14(7-5-13)15-8-10-27(11-9-15)20(21)22/h4-7,15-17H,2-3,8-12H2,1H3,(H3,21,22)(H,28,29)(H,23,24,25,26). The van der Waals surface area contributed by atoms with Crippen LogP contribution in [0, 0.1) is 11.3 Å². The van der Waals surface area contributed by atoms with Gasteiger partial charge in [-0.05, 0) is 42.7 Å². The van der Waals surface area contributed by atoms with E-state index >= 15 is 0 Å². The van der Waals surface area contributed by atoms with E-state index < -0.39 is 11.9 Å². The molecule has 9 heteroatoms. The van der Waals surface area contributed by atoms with E-state index in [-0.39, 0.29) is 11.9 Å². The molecule has 3 rings (SSSR count). The second kappa shape index (κ2) is 9.49. The summed E-state index contributed by atoms with van der Waals surface area (Å²) in [7, 11) is 0. The van der Waals surface area contributed by atoms with Gasteiger partial charge in [0.25, 0.3) is 0 Å². The highest BCUT2D eigenvalue weighted by Gasteiger charge is 2.32. The van der Waals surface area contributed by atoms with Gasteiger partial charge in [0.2, 0.25) is 0 Å². The number of hydrogen-bond donors (Lipinski definition) is 4. The van der Waals surface area contributed by atoms with Gasteiger partial charge in [0.05, 0.1) is 5.92 Å². The van der Waals surface area contributed by atoms with Crippen molar-refractivity contribution in [1.82, 2.24) is 25.5 Å². The molecule has 0 spiro atoms. The number of guanidine groups is 1. The number of carboxylic acid groups (broad SMARTS) is 1. The highest BCUT2D eigenvalue weighted by atomic mass is 16.4. The van der Waals surface area contributed by atoms with Crippen molar-refractivity contribution in [2.75, 3.05) is 13.1 Å². The molecule has 1 aromatic heterocycles. The van der Waals surface area contributed by atoms with Gasteiger partial charge in [-0.2, -0.15) is 5.21 Å². The summed E-state index contributed by atoms with van der Waals surface area (Å²) >= 11 is 0. The molecule has 1 aromatic carbocycles. The molecule has 9 nitrogen and oxygen atoms in total. The maximum atomic E-state index is 11.8. The Labute approximate surface area is 170 Å². The van der Waals surface area contributed by atoms with Gasteiger partial charge in [-0.15, -0.1) is 10.2 Å². The molecule has 0 saturated carbocycles. The van der Waals surface area contributed by atoms with Gasteiger partial charge in [0, 0.05) is 19.0 Å². The largest absolute Gasteiger partial charge is 0.481 e. The second-order valence-electron chi connectivity index (χ2n) is 7.70. The van der Waals surface area contributed by atoms with Gasteiger partial charge in [-0.3, -0.25) is 10.2 Å². The average molecular weight is 399 g/mol. The van der Waals surface area contributed by atoms with E-state index in [4.69, 9.17) is 11.1 Å². The van der Waals surface area contributed by atoms with Gasteiger partial charge in [0.1, 0.15) is 0 Å². The average Bonchev–Trinajstić information content (AvgIpc) is 3.25. The summed E-state index contributed by atoms with van der Waals surface area (Å²) in [6.07, 6.45) is 3.86. The van der Waals surface area contributed by atoms with E-state index in [1.807, 2.05) is 11.8 Å². The molecule has 1 aliphatic heterocycles. The lowest BCUT2D eigenvalue weighted by molar-refractivity contribution is -0.142. The molecule has 2 aromatic rings. The predicted molar refractivity (Wildman–Crippen MR) is 109 cm³/mol. The molecule has 0 amide bonds. The van der Waals surface area contributed by atoms with Crippen LogP contribution in [0.25, 0.3) is 0 Å². The number of benzene rings is 1. The number of nitrogens with zero attached hydrogens (tertiary/aromatic N) is 4. The number of rotatable bonds is 8. The molecule has 1 saturated heterocycles. The summed E-state index contributed by atoms with van der Waals surface area (Å²) in [5.74, 6) is -0.642. The second-order valence-corrected chi connectivity index (χ2v) is 7.70. The fourth-order valence-electron chi connectivity index (χ4n) is 4.18. The first-order valence-corrected chi connectivity index (χ1v) is 10.1. The SMILES string of the molecule is CCCC(C(=O)O)C(Cc1ccc(C2CCN(C(=N)N)CC2)cc1)c1nn[nH]n1. The van der Waals surface area contributed by atoms with Gasteiger partial charge < -0.3 is 15.7 Å². The number of carbonyl (C=O) groups is 1. The van der Waals surface area contributed by atoms with Gasteiger partial charge in [-0.25, -0.2) is 0 Å². The number of aromatic amines is 1. The van der Waals surface area contributed by atoms with Crippen molar-refractivity contribution >= 4 is 11.9 Å². The van der Waals surface area contributed by atoms with Crippen LogP contribution in [0.2, 0.25) is 0 Å². The fraction of sp³-hybridized carbons (Fsp3) is 0.550. The van der Waals surface area contributed by atoms with Crippen molar-refractivity contribution in [3.05, 3.63) is 41.2 Å². The molecule has 0 aliphatic carbocycles. The molecule has 0 radical (unpaired) electrons. The zero-order chi connectivity index (χ0) is 20.8. The predicted octanol–water partition coefficient (Wildman–Crippen LogP) is 2.10. The van der Waals surface area contributed by atoms with E-state index in [0.717, 1.165) is 37.9 Å². The Bertz CT molecular complexity index is 799. The smallest absolute Gasteiger partial charge is 0.307 e. The molecular weight excluding hydrogens is 370 g/mol. The molecule has 2 unspecified atom stereocenters. The molecule has 2 atom stereocenters. The first kappa shape index (κ1) is 20.8. The number of nitrogens with one attached hydrogen (secondary N) is 2. The van der Waals surface area contributed by atoms with Crippen molar-refractivity contribution in [1.29, 1.82) is 5.41 Å². The molecule has 29 heavy (non-hydrogen) atoms. The van der Waals surface area contributed by atoms with Crippen LogP contribution in [0.4, 0.5) is 0 Å². The van der Waals surface area contributed by atoms with E-state index in [2.05, 4.69) is 44.9 Å². The summed E-state index contributed by atoms with van der Waals surface area (Å²) in [6.45, 7) is 3.59. The summed E-state index contributed by atoms with van der Waals surface area (Å²) < 4.78 is 0. The number of hydrogen-bond acceptors (Lipinski definition) is 5. The lowest BCUT2D eigenvalue weighted by Crippen LogP contribution is -2.41. The van der Waals surface area contributed by atoms with Gasteiger partial charge >= 0.3 is 5.97 Å². The number of tetrazole rings is 1. The lowest BCUT2D eigenvalue weighted by Gasteiger charge is -2.32. The van der Waals surface area contributed by atoms with Crippen LogP contribution in [-0.4, -0.2) is 55.6 Å². The Morgan fingerprint density at radius 3 is 2.55 bits per heavy atom. The van der Waals surface area contributed by atoms with Crippen LogP contribution in [0.1, 0.15) is 61.4 Å².